The Morgan fingerprint density at radius 1 is 1.10 bits per heavy atom. The van der Waals surface area contributed by atoms with Crippen molar-refractivity contribution in [1.29, 1.82) is 0 Å². The Balaban J connectivity index is 0.00000272. The van der Waals surface area contributed by atoms with Gasteiger partial charge >= 0.3 is 0 Å². The zero-order valence-electron chi connectivity index (χ0n) is 18.2. The minimum absolute atomic E-state index is 0. The molecule has 0 radical (unpaired) electrons. The molecule has 1 fully saturated rings. The smallest absolute Gasteiger partial charge is 0.195 e. The zero-order chi connectivity index (χ0) is 20.6. The predicted octanol–water partition coefficient (Wildman–Crippen LogP) is 4.02. The highest BCUT2D eigenvalue weighted by molar-refractivity contribution is 14.0. The molecule has 1 saturated heterocycles. The standard InChI is InChI=1S/C24H32N4O2.HI/c1-25-24(27-21-8-9-22-23(16-21)30-15-5-14-29-22)26-17-20-11-13-28(18-20)12-10-19-6-3-2-4-7-19;/h2-4,6-9,16,20H,5,10-15,17-18H2,1H3,(H2,25,26,27);1H. The molecule has 1 unspecified atom stereocenters. The van der Waals surface area contributed by atoms with Crippen LogP contribution in [0.4, 0.5) is 5.69 Å². The molecule has 4 rings (SSSR count). The minimum Gasteiger partial charge on any atom is -0.490 e. The van der Waals surface area contributed by atoms with E-state index >= 15 is 0 Å². The van der Waals surface area contributed by atoms with Crippen molar-refractivity contribution in [2.75, 3.05) is 51.8 Å². The summed E-state index contributed by atoms with van der Waals surface area (Å²) in [5, 5.41) is 6.86. The molecule has 168 valence electrons. The molecule has 0 bridgehead atoms. The summed E-state index contributed by atoms with van der Waals surface area (Å²) in [6.07, 6.45) is 3.25. The van der Waals surface area contributed by atoms with Gasteiger partial charge in [0.2, 0.25) is 0 Å². The number of hydrogen-bond acceptors (Lipinski definition) is 4. The fourth-order valence-electron chi connectivity index (χ4n) is 4.01. The lowest BCUT2D eigenvalue weighted by molar-refractivity contribution is 0.297. The van der Waals surface area contributed by atoms with Crippen molar-refractivity contribution in [2.24, 2.45) is 10.9 Å². The van der Waals surface area contributed by atoms with Gasteiger partial charge in [-0.05, 0) is 43.0 Å². The van der Waals surface area contributed by atoms with Crippen LogP contribution < -0.4 is 20.1 Å². The summed E-state index contributed by atoms with van der Waals surface area (Å²) in [4.78, 5) is 6.95. The Kier molecular flexibility index (Phi) is 9.27. The summed E-state index contributed by atoms with van der Waals surface area (Å²) in [6.45, 7) is 5.75. The largest absolute Gasteiger partial charge is 0.490 e. The van der Waals surface area contributed by atoms with Crippen molar-refractivity contribution in [1.82, 2.24) is 10.2 Å². The van der Waals surface area contributed by atoms with Gasteiger partial charge in [0.15, 0.2) is 17.5 Å². The lowest BCUT2D eigenvalue weighted by atomic mass is 10.1. The van der Waals surface area contributed by atoms with E-state index in [1.165, 1.54) is 18.5 Å². The molecule has 0 amide bonds. The summed E-state index contributed by atoms with van der Waals surface area (Å²) in [6, 6.07) is 16.7. The fourth-order valence-corrected chi connectivity index (χ4v) is 4.01. The van der Waals surface area contributed by atoms with Gasteiger partial charge in [0.1, 0.15) is 0 Å². The van der Waals surface area contributed by atoms with Crippen molar-refractivity contribution >= 4 is 35.6 Å². The quantitative estimate of drug-likeness (QED) is 0.332. The molecule has 2 heterocycles. The van der Waals surface area contributed by atoms with Crippen LogP contribution in [-0.2, 0) is 6.42 Å². The van der Waals surface area contributed by atoms with E-state index in [0.29, 0.717) is 19.1 Å². The lowest BCUT2D eigenvalue weighted by Crippen LogP contribution is -2.35. The number of rotatable bonds is 6. The number of ether oxygens (including phenoxy) is 2. The van der Waals surface area contributed by atoms with Gasteiger partial charge in [-0.25, -0.2) is 0 Å². The number of aliphatic imine (C=N–C) groups is 1. The maximum Gasteiger partial charge on any atom is 0.195 e. The van der Waals surface area contributed by atoms with Crippen LogP contribution in [0.15, 0.2) is 53.5 Å². The molecule has 0 aromatic heterocycles. The Labute approximate surface area is 202 Å². The average Bonchev–Trinajstić information content (AvgIpc) is 3.11. The van der Waals surface area contributed by atoms with Gasteiger partial charge in [-0.15, -0.1) is 24.0 Å². The Morgan fingerprint density at radius 3 is 2.71 bits per heavy atom. The molecule has 0 saturated carbocycles. The third-order valence-electron chi connectivity index (χ3n) is 5.72. The van der Waals surface area contributed by atoms with E-state index in [9.17, 15) is 0 Å². The average molecular weight is 536 g/mol. The number of likely N-dealkylation sites (tertiary alicyclic amines) is 1. The van der Waals surface area contributed by atoms with Crippen molar-refractivity contribution < 1.29 is 9.47 Å². The van der Waals surface area contributed by atoms with E-state index in [4.69, 9.17) is 9.47 Å². The summed E-state index contributed by atoms with van der Waals surface area (Å²) < 4.78 is 11.5. The molecular weight excluding hydrogens is 503 g/mol. The molecule has 2 aliphatic heterocycles. The summed E-state index contributed by atoms with van der Waals surface area (Å²) in [5.41, 5.74) is 2.36. The molecule has 0 spiro atoms. The molecule has 2 N–H and O–H groups in total. The van der Waals surface area contributed by atoms with Crippen LogP contribution in [0.1, 0.15) is 18.4 Å². The molecule has 31 heavy (non-hydrogen) atoms. The van der Waals surface area contributed by atoms with Crippen molar-refractivity contribution in [3.05, 3.63) is 54.1 Å². The van der Waals surface area contributed by atoms with Gasteiger partial charge in [-0.2, -0.15) is 0 Å². The van der Waals surface area contributed by atoms with E-state index < -0.39 is 0 Å². The predicted molar refractivity (Wildman–Crippen MR) is 137 cm³/mol. The van der Waals surface area contributed by atoms with Gasteiger partial charge in [0.05, 0.1) is 13.2 Å². The highest BCUT2D eigenvalue weighted by Gasteiger charge is 2.22. The van der Waals surface area contributed by atoms with Crippen molar-refractivity contribution in [3.63, 3.8) is 0 Å². The number of benzene rings is 2. The summed E-state index contributed by atoms with van der Waals surface area (Å²) >= 11 is 0. The number of nitrogens with zero attached hydrogens (tertiary/aromatic N) is 2. The first kappa shape index (κ1) is 23.7. The van der Waals surface area contributed by atoms with Crippen LogP contribution in [0.25, 0.3) is 0 Å². The van der Waals surface area contributed by atoms with E-state index in [1.807, 2.05) is 18.2 Å². The molecule has 2 aromatic carbocycles. The first-order valence-electron chi connectivity index (χ1n) is 10.9. The zero-order valence-corrected chi connectivity index (χ0v) is 20.5. The number of anilines is 1. The third-order valence-corrected chi connectivity index (χ3v) is 5.72. The second-order valence-electron chi connectivity index (χ2n) is 7.98. The van der Waals surface area contributed by atoms with E-state index in [1.54, 1.807) is 7.05 Å². The van der Waals surface area contributed by atoms with Crippen LogP contribution in [0.3, 0.4) is 0 Å². The van der Waals surface area contributed by atoms with Crippen LogP contribution in [0, 0.1) is 5.92 Å². The normalized spacial score (nSPS) is 18.7. The maximum absolute atomic E-state index is 5.78. The highest BCUT2D eigenvalue weighted by Crippen LogP contribution is 2.32. The lowest BCUT2D eigenvalue weighted by Gasteiger charge is -2.18. The molecule has 7 heteroatoms. The van der Waals surface area contributed by atoms with Gasteiger partial charge in [-0.3, -0.25) is 4.99 Å². The van der Waals surface area contributed by atoms with E-state index in [-0.39, 0.29) is 24.0 Å². The molecule has 0 aliphatic carbocycles. The number of halogens is 1. The number of nitrogens with one attached hydrogen (secondary N) is 2. The second-order valence-corrected chi connectivity index (χ2v) is 7.98. The molecule has 2 aromatic rings. The number of guanidine groups is 1. The maximum atomic E-state index is 5.78. The van der Waals surface area contributed by atoms with Crippen LogP contribution >= 0.6 is 24.0 Å². The van der Waals surface area contributed by atoms with Gasteiger partial charge in [-0.1, -0.05) is 30.3 Å². The van der Waals surface area contributed by atoms with Crippen LogP contribution in [-0.4, -0.2) is 57.3 Å². The topological polar surface area (TPSA) is 58.1 Å². The fraction of sp³-hybridized carbons (Fsp3) is 0.458. The van der Waals surface area contributed by atoms with Gasteiger partial charge < -0.3 is 25.0 Å². The van der Waals surface area contributed by atoms with Gasteiger partial charge in [0, 0.05) is 44.9 Å². The first-order valence-corrected chi connectivity index (χ1v) is 10.9. The highest BCUT2D eigenvalue weighted by atomic mass is 127. The van der Waals surface area contributed by atoms with E-state index in [2.05, 4.69) is 50.9 Å². The molecule has 1 atom stereocenters. The molecular formula is C24H33IN4O2. The van der Waals surface area contributed by atoms with Crippen molar-refractivity contribution in [2.45, 2.75) is 19.3 Å². The monoisotopic (exact) mass is 536 g/mol. The summed E-state index contributed by atoms with van der Waals surface area (Å²) in [5.74, 6) is 3.02. The number of fused-ring (bicyclic) bond motifs is 1. The van der Waals surface area contributed by atoms with Crippen molar-refractivity contribution in [3.8, 4) is 11.5 Å². The molecule has 2 aliphatic rings. The second kappa shape index (κ2) is 12.1. The Hall–Kier alpha value is -2.00. The Morgan fingerprint density at radius 2 is 1.90 bits per heavy atom. The molecule has 6 nitrogen and oxygen atoms in total. The SMILES string of the molecule is CN=C(NCC1CCN(CCc2ccccc2)C1)Nc1ccc2c(c1)OCCCO2.I. The van der Waals surface area contributed by atoms with Crippen LogP contribution in [0.5, 0.6) is 11.5 Å². The van der Waals surface area contributed by atoms with Gasteiger partial charge in [0.25, 0.3) is 0 Å². The third kappa shape index (κ3) is 7.00. The number of hydrogen-bond donors (Lipinski definition) is 2. The van der Waals surface area contributed by atoms with Crippen LogP contribution in [0.2, 0.25) is 0 Å². The summed E-state index contributed by atoms with van der Waals surface area (Å²) in [7, 11) is 1.80. The van der Waals surface area contributed by atoms with E-state index in [0.717, 1.165) is 55.6 Å². The first-order chi connectivity index (χ1) is 14.8. The minimum atomic E-state index is 0. The Bertz CT molecular complexity index is 847.